The molecule has 3 N–H and O–H groups in total. The maximum Gasteiger partial charge on any atom is 0.421 e. The molecule has 1 aliphatic heterocycles. The molecule has 1 aliphatic rings. The van der Waals surface area contributed by atoms with Crippen molar-refractivity contribution in [3.05, 3.63) is 35.4 Å². The van der Waals surface area contributed by atoms with Gasteiger partial charge in [0.15, 0.2) is 23.7 Å². The number of anilines is 2. The number of aromatic nitrogens is 5. The summed E-state index contributed by atoms with van der Waals surface area (Å²) in [5.41, 5.74) is -0.867. The number of hydrogen-bond acceptors (Lipinski definition) is 8. The van der Waals surface area contributed by atoms with Crippen LogP contribution >= 0.6 is 0 Å². The molecule has 15 heteroatoms. The Labute approximate surface area is 196 Å². The van der Waals surface area contributed by atoms with Crippen molar-refractivity contribution in [2.75, 3.05) is 19.0 Å². The molecule has 0 saturated carbocycles. The number of ether oxygens (including phenoxy) is 3. The maximum absolute atomic E-state index is 14.9. The van der Waals surface area contributed by atoms with Gasteiger partial charge in [0.1, 0.15) is 11.7 Å². The van der Waals surface area contributed by atoms with Crippen LogP contribution in [0.2, 0.25) is 0 Å². The van der Waals surface area contributed by atoms with E-state index in [1.54, 1.807) is 13.8 Å². The molecule has 190 valence electrons. The van der Waals surface area contributed by atoms with Crippen LogP contribution in [-0.2, 0) is 27.0 Å². The van der Waals surface area contributed by atoms with Crippen LogP contribution in [0.5, 0.6) is 0 Å². The summed E-state index contributed by atoms with van der Waals surface area (Å²) in [7, 11) is 1.40. The number of carbonyl (C=O) groups excluding carboxylic acids is 1. The number of rotatable bonds is 7. The zero-order chi connectivity index (χ0) is 25.3. The highest BCUT2D eigenvalue weighted by Crippen LogP contribution is 2.35. The van der Waals surface area contributed by atoms with Crippen molar-refractivity contribution in [1.29, 1.82) is 0 Å². The first-order chi connectivity index (χ1) is 16.6. The molecule has 1 amide bonds. The second-order valence-electron chi connectivity index (χ2n) is 8.13. The Morgan fingerprint density at radius 2 is 2.17 bits per heavy atom. The van der Waals surface area contributed by atoms with E-state index in [-0.39, 0.29) is 48.1 Å². The average Bonchev–Trinajstić information content (AvgIpc) is 3.47. The second-order valence-corrected chi connectivity index (χ2v) is 8.13. The molecule has 0 aromatic carbocycles. The third kappa shape index (κ3) is 5.30. The summed E-state index contributed by atoms with van der Waals surface area (Å²) >= 11 is 0. The lowest BCUT2D eigenvalue weighted by Crippen LogP contribution is -2.36. The summed E-state index contributed by atoms with van der Waals surface area (Å²) in [5, 5.41) is 11.9. The third-order valence-electron chi connectivity index (χ3n) is 5.03. The molecule has 35 heavy (non-hydrogen) atoms. The van der Waals surface area contributed by atoms with Crippen LogP contribution in [0.1, 0.15) is 36.9 Å². The van der Waals surface area contributed by atoms with Gasteiger partial charge in [0.2, 0.25) is 5.95 Å². The van der Waals surface area contributed by atoms with Gasteiger partial charge >= 0.3 is 12.3 Å². The van der Waals surface area contributed by atoms with E-state index in [0.717, 1.165) is 4.40 Å². The molecule has 3 aromatic heterocycles. The number of fused-ring (bicyclic) bond motifs is 1. The zero-order valence-electron chi connectivity index (χ0n) is 18.9. The van der Waals surface area contributed by atoms with Gasteiger partial charge in [0, 0.05) is 31.6 Å². The quantitative estimate of drug-likeness (QED) is 0.421. The predicted octanol–water partition coefficient (Wildman–Crippen LogP) is 3.27. The highest BCUT2D eigenvalue weighted by atomic mass is 19.4. The lowest BCUT2D eigenvalue weighted by atomic mass is 10.1. The molecule has 0 spiro atoms. The Bertz CT molecular complexity index is 1200. The van der Waals surface area contributed by atoms with Crippen molar-refractivity contribution in [1.82, 2.24) is 29.9 Å². The van der Waals surface area contributed by atoms with Crippen LogP contribution in [0.25, 0.3) is 5.65 Å². The van der Waals surface area contributed by atoms with Crippen LogP contribution in [-0.4, -0.2) is 62.7 Å². The lowest BCUT2D eigenvalue weighted by molar-refractivity contribution is -0.136. The number of carbonyl (C=O) groups is 1. The van der Waals surface area contributed by atoms with Gasteiger partial charge in [0.25, 0.3) is 0 Å². The van der Waals surface area contributed by atoms with Crippen LogP contribution in [0, 0.1) is 0 Å². The Morgan fingerprint density at radius 1 is 1.40 bits per heavy atom. The van der Waals surface area contributed by atoms with Gasteiger partial charge in [-0.15, -0.1) is 0 Å². The van der Waals surface area contributed by atoms with Crippen molar-refractivity contribution in [3.63, 3.8) is 0 Å². The molecule has 4 heterocycles. The van der Waals surface area contributed by atoms with E-state index >= 15 is 0 Å². The largest absolute Gasteiger partial charge is 0.441 e. The molecule has 4 rings (SSSR count). The zero-order valence-corrected chi connectivity index (χ0v) is 18.9. The van der Waals surface area contributed by atoms with Gasteiger partial charge in [-0.2, -0.15) is 18.3 Å². The lowest BCUT2D eigenvalue weighted by Gasteiger charge is -2.16. The number of H-pyrrole nitrogens is 1. The maximum atomic E-state index is 14.9. The third-order valence-corrected chi connectivity index (χ3v) is 5.03. The standard InChI is InChI=1S/C20H23F4N7O4/c1-9(2)26-19(32)35-13-8-34-16(15(13)21)12-4-14(30-29-12)28-18-25-5-11(20(22,23)24)17-27-10(7-33-3)6-31(17)18/h4-6,9,13,15-16H,7-8H2,1-3H3,(H,26,32)(H2,25,28,29,30)/t13-,15-,16-/m1/s1. The second kappa shape index (κ2) is 9.65. The van der Waals surface area contributed by atoms with Crippen LogP contribution in [0.3, 0.4) is 0 Å². The number of alkyl carbamates (subject to hydrolysis) is 1. The molecule has 3 atom stereocenters. The number of imidazole rings is 1. The van der Waals surface area contributed by atoms with Gasteiger partial charge in [0.05, 0.1) is 24.6 Å². The van der Waals surface area contributed by atoms with Gasteiger partial charge < -0.3 is 24.8 Å². The number of nitrogens with zero attached hydrogens (tertiary/aromatic N) is 4. The summed E-state index contributed by atoms with van der Waals surface area (Å²) in [6, 6.07) is 1.25. The van der Waals surface area contributed by atoms with E-state index in [1.165, 1.54) is 19.4 Å². The predicted molar refractivity (Wildman–Crippen MR) is 113 cm³/mol. The Hall–Kier alpha value is -3.46. The number of aromatic amines is 1. The summed E-state index contributed by atoms with van der Waals surface area (Å²) < 4.78 is 71.7. The smallest absolute Gasteiger partial charge is 0.421 e. The molecule has 0 unspecified atom stereocenters. The Kier molecular flexibility index (Phi) is 6.80. The molecular formula is C20H23F4N7O4. The van der Waals surface area contributed by atoms with Gasteiger partial charge in [-0.3, -0.25) is 9.50 Å². The minimum atomic E-state index is -4.66. The van der Waals surface area contributed by atoms with Gasteiger partial charge in [-0.25, -0.2) is 19.2 Å². The van der Waals surface area contributed by atoms with E-state index < -0.39 is 36.2 Å². The SMILES string of the molecule is COCc1cn2c(Nc3cc([C@H]4OC[C@@H](OC(=O)NC(C)C)[C@H]4F)[nH]n3)ncc(C(F)(F)F)c2n1. The number of nitrogens with one attached hydrogen (secondary N) is 3. The molecule has 0 bridgehead atoms. The molecule has 11 nitrogen and oxygen atoms in total. The molecule has 0 aliphatic carbocycles. The number of hydrogen-bond donors (Lipinski definition) is 3. The van der Waals surface area contributed by atoms with Crippen molar-refractivity contribution in [2.24, 2.45) is 0 Å². The van der Waals surface area contributed by atoms with Gasteiger partial charge in [-0.05, 0) is 13.8 Å². The topological polar surface area (TPSA) is 128 Å². The first-order valence-electron chi connectivity index (χ1n) is 10.5. The van der Waals surface area contributed by atoms with Crippen LogP contribution < -0.4 is 10.6 Å². The molecule has 1 saturated heterocycles. The Balaban J connectivity index is 1.52. The van der Waals surface area contributed by atoms with E-state index in [9.17, 15) is 22.4 Å². The summed E-state index contributed by atoms with van der Waals surface area (Å²) in [6.07, 6.45) is -7.26. The van der Waals surface area contributed by atoms with E-state index in [2.05, 4.69) is 30.8 Å². The molecule has 3 aromatic rings. The average molecular weight is 501 g/mol. The minimum Gasteiger partial charge on any atom is -0.441 e. The number of methoxy groups -OCH3 is 1. The molecule has 0 radical (unpaired) electrons. The summed E-state index contributed by atoms with van der Waals surface area (Å²) in [4.78, 5) is 19.6. The summed E-state index contributed by atoms with van der Waals surface area (Å²) in [6.45, 7) is 3.32. The number of alkyl halides is 4. The monoisotopic (exact) mass is 501 g/mol. The fraction of sp³-hybridized carbons (Fsp3) is 0.500. The van der Waals surface area contributed by atoms with Crippen LogP contribution in [0.15, 0.2) is 18.5 Å². The van der Waals surface area contributed by atoms with Crippen molar-refractivity contribution in [3.8, 4) is 0 Å². The minimum absolute atomic E-state index is 0.000304. The number of halogens is 4. The van der Waals surface area contributed by atoms with Crippen molar-refractivity contribution < 1.29 is 36.6 Å². The first kappa shape index (κ1) is 24.7. The highest BCUT2D eigenvalue weighted by molar-refractivity contribution is 5.67. The van der Waals surface area contributed by atoms with Crippen LogP contribution in [0.4, 0.5) is 34.1 Å². The first-order valence-corrected chi connectivity index (χ1v) is 10.5. The fourth-order valence-electron chi connectivity index (χ4n) is 3.54. The summed E-state index contributed by atoms with van der Waals surface area (Å²) in [5.74, 6) is 0.143. The Morgan fingerprint density at radius 3 is 2.86 bits per heavy atom. The van der Waals surface area contributed by atoms with E-state index in [0.29, 0.717) is 6.20 Å². The molecule has 1 fully saturated rings. The van der Waals surface area contributed by atoms with Gasteiger partial charge in [-0.1, -0.05) is 0 Å². The highest BCUT2D eigenvalue weighted by Gasteiger charge is 2.42. The van der Waals surface area contributed by atoms with Crippen molar-refractivity contribution in [2.45, 2.75) is 51.1 Å². The van der Waals surface area contributed by atoms with E-state index in [1.807, 2.05) is 0 Å². The normalized spacial score (nSPS) is 20.5. The van der Waals surface area contributed by atoms with Crippen molar-refractivity contribution >= 4 is 23.5 Å². The number of amides is 1. The fourth-order valence-corrected chi connectivity index (χ4v) is 3.54. The van der Waals surface area contributed by atoms with E-state index in [4.69, 9.17) is 14.2 Å². The molecular weight excluding hydrogens is 478 g/mol.